The Morgan fingerprint density at radius 2 is 1.04 bits per heavy atom. The quantitative estimate of drug-likeness (QED) is 0.0463. The number of rotatable bonds is 23. The van der Waals surface area contributed by atoms with Crippen LogP contribution in [0.4, 0.5) is 0 Å². The number of ether oxygens (including phenoxy) is 13. The molecule has 444 valence electrons. The van der Waals surface area contributed by atoms with E-state index in [1.807, 2.05) is 121 Å². The number of carbonyl (C=O) groups is 5. The van der Waals surface area contributed by atoms with E-state index in [2.05, 4.69) is 0 Å². The van der Waals surface area contributed by atoms with Crippen LogP contribution >= 0.6 is 0 Å². The maximum Gasteiger partial charge on any atom is 0.303 e. The summed E-state index contributed by atoms with van der Waals surface area (Å²) in [6.07, 6.45) is -12.3. The van der Waals surface area contributed by atoms with E-state index in [0.29, 0.717) is 0 Å². The summed E-state index contributed by atoms with van der Waals surface area (Å²) in [4.78, 5) is 78.2. The van der Waals surface area contributed by atoms with Crippen LogP contribution in [0.2, 0.25) is 0 Å². The van der Waals surface area contributed by atoms with Crippen molar-refractivity contribution in [1.29, 1.82) is 0 Å². The second-order valence-electron chi connectivity index (χ2n) is 19.8. The summed E-state index contributed by atoms with van der Waals surface area (Å²) in [5.41, 5.74) is 2.40. The zero-order valence-corrected chi connectivity index (χ0v) is 47.0. The molecule has 21 nitrogen and oxygen atoms in total. The first-order valence-corrected chi connectivity index (χ1v) is 27.2. The highest BCUT2D eigenvalue weighted by molar-refractivity contribution is 5.89. The molecule has 7 aromatic rings. The second kappa shape index (κ2) is 28.2. The zero-order valence-electron chi connectivity index (χ0n) is 47.0. The summed E-state index contributed by atoms with van der Waals surface area (Å²) >= 11 is 0. The molecule has 0 aliphatic carbocycles. The summed E-state index contributed by atoms with van der Waals surface area (Å²) in [6, 6.07) is 43.4. The highest BCUT2D eigenvalue weighted by Crippen LogP contribution is 2.46. The molecule has 0 radical (unpaired) electrons. The van der Waals surface area contributed by atoms with E-state index in [1.165, 1.54) is 12.1 Å². The molecular formula is C64H62O21. The minimum Gasteiger partial charge on any atom is -0.507 e. The molecule has 0 bridgehead atoms. The van der Waals surface area contributed by atoms with Gasteiger partial charge in [0.25, 0.3) is 0 Å². The van der Waals surface area contributed by atoms with Gasteiger partial charge in [-0.2, -0.15) is 0 Å². The molecule has 1 aromatic heterocycles. The highest BCUT2D eigenvalue weighted by atomic mass is 16.8. The Kier molecular flexibility index (Phi) is 20.0. The van der Waals surface area contributed by atoms with Crippen molar-refractivity contribution in [2.45, 2.75) is 117 Å². The molecule has 0 amide bonds. The zero-order chi connectivity index (χ0) is 60.0. The summed E-state index contributed by atoms with van der Waals surface area (Å²) < 4.78 is 86.1. The molecule has 0 saturated carbocycles. The van der Waals surface area contributed by atoms with E-state index in [1.54, 1.807) is 12.1 Å². The average Bonchev–Trinajstić information content (AvgIpc) is 2.37. The predicted molar refractivity (Wildman–Crippen MR) is 300 cm³/mol. The number of fused-ring (bicyclic) bond motifs is 1. The monoisotopic (exact) mass is 1170 g/mol. The number of hydrogen-bond donors (Lipinski definition) is 1. The number of phenolic OH excluding ortho intramolecular Hbond substituents is 1. The van der Waals surface area contributed by atoms with Gasteiger partial charge in [0.2, 0.25) is 23.2 Å². The predicted octanol–water partition coefficient (Wildman–Crippen LogP) is 9.01. The van der Waals surface area contributed by atoms with Crippen molar-refractivity contribution in [1.82, 2.24) is 0 Å². The van der Waals surface area contributed by atoms with Crippen LogP contribution in [-0.4, -0.2) is 97.4 Å². The number of aromatic hydroxyl groups is 1. The smallest absolute Gasteiger partial charge is 0.303 e. The van der Waals surface area contributed by atoms with Crippen molar-refractivity contribution in [2.75, 3.05) is 13.2 Å². The van der Waals surface area contributed by atoms with Crippen LogP contribution in [0.15, 0.2) is 155 Å². The largest absolute Gasteiger partial charge is 0.507 e. The summed E-state index contributed by atoms with van der Waals surface area (Å²) in [6.45, 7) is 4.83. The van der Waals surface area contributed by atoms with Gasteiger partial charge in [0.05, 0.1) is 6.61 Å². The van der Waals surface area contributed by atoms with E-state index in [4.69, 9.17) is 66.0 Å². The van der Waals surface area contributed by atoms with E-state index < -0.39 is 116 Å². The second-order valence-corrected chi connectivity index (χ2v) is 19.8. The van der Waals surface area contributed by atoms with E-state index in [9.17, 15) is 29.1 Å². The van der Waals surface area contributed by atoms with Crippen molar-refractivity contribution in [2.24, 2.45) is 0 Å². The van der Waals surface area contributed by atoms with Gasteiger partial charge in [-0.15, -0.1) is 0 Å². The molecule has 2 saturated heterocycles. The van der Waals surface area contributed by atoms with Crippen molar-refractivity contribution in [3.05, 3.63) is 178 Å². The molecule has 1 N–H and O–H groups in total. The Hall–Kier alpha value is -9.44. The first kappa shape index (κ1) is 60.2. The highest BCUT2D eigenvalue weighted by Gasteiger charge is 2.52. The average molecular weight is 1170 g/mol. The van der Waals surface area contributed by atoms with Crippen LogP contribution in [0, 0.1) is 0 Å². The van der Waals surface area contributed by atoms with Crippen molar-refractivity contribution in [3.8, 4) is 45.8 Å². The molecule has 21 heteroatoms. The lowest BCUT2D eigenvalue weighted by Crippen LogP contribution is -2.62. The van der Waals surface area contributed by atoms with Gasteiger partial charge in [0.15, 0.2) is 41.9 Å². The number of benzene rings is 6. The fourth-order valence-electron chi connectivity index (χ4n) is 9.56. The van der Waals surface area contributed by atoms with Gasteiger partial charge in [0.1, 0.15) is 73.8 Å². The normalized spacial score (nSPS) is 20.0. The number of phenols is 1. The Morgan fingerprint density at radius 3 is 1.55 bits per heavy atom. The topological polar surface area (TPSA) is 256 Å². The van der Waals surface area contributed by atoms with Crippen LogP contribution in [0.3, 0.4) is 0 Å². The van der Waals surface area contributed by atoms with Crippen LogP contribution < -0.4 is 29.1 Å². The minimum absolute atomic E-state index is 0.0518. The van der Waals surface area contributed by atoms with E-state index >= 15 is 4.79 Å². The summed E-state index contributed by atoms with van der Waals surface area (Å²) in [7, 11) is 0. The first-order valence-electron chi connectivity index (χ1n) is 27.2. The van der Waals surface area contributed by atoms with Gasteiger partial charge in [0, 0.05) is 58.7 Å². The number of esters is 5. The number of carbonyl (C=O) groups excluding carboxylic acids is 5. The molecule has 5 unspecified atom stereocenters. The fraction of sp³-hybridized carbons (Fsp3) is 0.312. The van der Waals surface area contributed by atoms with Crippen molar-refractivity contribution < 1.29 is 95.1 Å². The van der Waals surface area contributed by atoms with E-state index in [0.717, 1.165) is 56.9 Å². The lowest BCUT2D eigenvalue weighted by Gasteiger charge is -2.45. The van der Waals surface area contributed by atoms with Gasteiger partial charge < -0.3 is 71.1 Å². The minimum atomic E-state index is -1.64. The number of hydrogen-bond acceptors (Lipinski definition) is 21. The maximum absolute atomic E-state index is 15.4. The lowest BCUT2D eigenvalue weighted by molar-refractivity contribution is -0.326. The summed E-state index contributed by atoms with van der Waals surface area (Å²) in [5.74, 6) is -4.64. The third-order valence-electron chi connectivity index (χ3n) is 13.2. The fourth-order valence-corrected chi connectivity index (χ4v) is 9.56. The molecule has 2 aliphatic heterocycles. The SMILES string of the molecule is CC(=O)OCC1OC(Oc2c(-c3cc(OCc4ccccc4)c(OCc4ccccc4)c(OCc4ccccc4)c3)oc3cc(OCc4ccccc4)cc(O)c3c2=O)CC(OC(C)=O)[C@@H]1OC1OC[C@H](OC(C)=O)[C@H](OC(C)=O)C1OC(C)=O. The molecule has 85 heavy (non-hydrogen) atoms. The molecule has 0 spiro atoms. The molecule has 2 aliphatic rings. The Morgan fingerprint density at radius 1 is 0.541 bits per heavy atom. The van der Waals surface area contributed by atoms with Crippen molar-refractivity contribution >= 4 is 40.8 Å². The molecular weight excluding hydrogens is 1100 g/mol. The van der Waals surface area contributed by atoms with Crippen molar-refractivity contribution in [3.63, 3.8) is 0 Å². The standard InChI is InChI=1S/C64H62O21/c1-37(65)72-35-53-60(85-64-63(81-41(5)69)61(80-40(4)68)54(36-77-64)79-39(3)67)52(78-38(2)66)30-55(82-53)84-62-57(71)56-48(70)28-47(73-31-42-18-10-6-11-19-42)29-49(56)83-58(62)46-26-50(74-32-43-20-12-7-13-21-43)59(76-34-45-24-16-9-17-25-45)51(27-46)75-33-44-22-14-8-15-23-44/h6-29,52-55,60-61,63-64,70H,30-36H2,1-5H3/t52?,53?,54-,55?,60-,61-,63?,64?/m0/s1. The molecule has 8 atom stereocenters. The molecule has 6 aromatic carbocycles. The lowest BCUT2D eigenvalue weighted by atomic mass is 9.99. The molecule has 3 heterocycles. The molecule has 9 rings (SSSR count). The Balaban J connectivity index is 1.17. The van der Waals surface area contributed by atoms with Gasteiger partial charge in [-0.3, -0.25) is 28.8 Å². The van der Waals surface area contributed by atoms with Crippen LogP contribution in [0.1, 0.15) is 63.3 Å². The van der Waals surface area contributed by atoms with Gasteiger partial charge in [-0.25, -0.2) is 0 Å². The molecule has 2 fully saturated rings. The van der Waals surface area contributed by atoms with E-state index in [-0.39, 0.29) is 71.7 Å². The van der Waals surface area contributed by atoms with Gasteiger partial charge in [-0.05, 0) is 34.4 Å². The summed E-state index contributed by atoms with van der Waals surface area (Å²) in [5, 5.41) is 11.4. The Bertz CT molecular complexity index is 3440. The van der Waals surface area contributed by atoms with Crippen LogP contribution in [-0.2, 0) is 88.3 Å². The maximum atomic E-state index is 15.4. The first-order chi connectivity index (χ1) is 41.0. The van der Waals surface area contributed by atoms with Crippen LogP contribution in [0.25, 0.3) is 22.3 Å². The Labute approximate surface area is 488 Å². The van der Waals surface area contributed by atoms with Gasteiger partial charge in [-0.1, -0.05) is 121 Å². The van der Waals surface area contributed by atoms with Crippen LogP contribution in [0.5, 0.6) is 34.5 Å². The van der Waals surface area contributed by atoms with Gasteiger partial charge >= 0.3 is 29.8 Å². The third-order valence-corrected chi connectivity index (χ3v) is 13.2. The third kappa shape index (κ3) is 16.0.